The van der Waals surface area contributed by atoms with Gasteiger partial charge in [0.2, 0.25) is 0 Å². The van der Waals surface area contributed by atoms with Crippen LogP contribution in [0.15, 0.2) is 36.5 Å². The molecule has 1 aliphatic carbocycles. The van der Waals surface area contributed by atoms with Crippen LogP contribution < -0.4 is 0 Å². The maximum absolute atomic E-state index is 10.1. The highest BCUT2D eigenvalue weighted by molar-refractivity contribution is 5.79. The van der Waals surface area contributed by atoms with E-state index in [2.05, 4.69) is 0 Å². The zero-order valence-electron chi connectivity index (χ0n) is 6.10. The van der Waals surface area contributed by atoms with E-state index in [0.29, 0.717) is 0 Å². The molecule has 0 spiro atoms. The third-order valence-electron chi connectivity index (χ3n) is 1.50. The zero-order valence-corrected chi connectivity index (χ0v) is 6.10. The highest BCUT2D eigenvalue weighted by Gasteiger charge is 1.99. The molecule has 0 aromatic heterocycles. The molecule has 11 heavy (non-hydrogen) atoms. The Balaban J connectivity index is 2.44. The van der Waals surface area contributed by atoms with Crippen LogP contribution in [-0.4, -0.2) is 11.1 Å². The molecule has 0 bridgehead atoms. The largest absolute Gasteiger partial charge is 0.478 e. The van der Waals surface area contributed by atoms with Gasteiger partial charge in [-0.15, -0.1) is 0 Å². The van der Waals surface area contributed by atoms with E-state index >= 15 is 0 Å². The van der Waals surface area contributed by atoms with Crippen molar-refractivity contribution in [2.45, 2.75) is 6.42 Å². The van der Waals surface area contributed by atoms with Crippen molar-refractivity contribution in [3.8, 4) is 0 Å². The Kier molecular flexibility index (Phi) is 2.66. The second kappa shape index (κ2) is 3.76. The minimum absolute atomic E-state index is 0.260. The molecule has 0 aromatic rings. The molecule has 0 aliphatic heterocycles. The average molecular weight is 150 g/mol. The predicted octanol–water partition coefficient (Wildman–Crippen LogP) is 1.76. The Morgan fingerprint density at radius 3 is 2.91 bits per heavy atom. The fourth-order valence-corrected chi connectivity index (χ4v) is 0.948. The summed E-state index contributed by atoms with van der Waals surface area (Å²) >= 11 is 0. The molecule has 58 valence electrons. The summed E-state index contributed by atoms with van der Waals surface area (Å²) in [6.45, 7) is 0. The van der Waals surface area contributed by atoms with Crippen molar-refractivity contribution in [3.05, 3.63) is 36.5 Å². The van der Waals surface area contributed by atoms with Crippen molar-refractivity contribution in [1.29, 1.82) is 0 Å². The van der Waals surface area contributed by atoms with Gasteiger partial charge in [0, 0.05) is 6.08 Å². The average Bonchev–Trinajstić information content (AvgIpc) is 2.03. The monoisotopic (exact) mass is 150 g/mol. The first-order valence-corrected chi connectivity index (χ1v) is 3.53. The predicted molar refractivity (Wildman–Crippen MR) is 43.2 cm³/mol. The topological polar surface area (TPSA) is 37.3 Å². The minimum Gasteiger partial charge on any atom is -0.478 e. The third-order valence-corrected chi connectivity index (χ3v) is 1.50. The summed E-state index contributed by atoms with van der Waals surface area (Å²) in [5, 5.41) is 8.32. The molecular formula is C9H10O2. The van der Waals surface area contributed by atoms with Crippen LogP contribution in [-0.2, 0) is 4.79 Å². The van der Waals surface area contributed by atoms with Crippen molar-refractivity contribution in [1.82, 2.24) is 0 Å². The van der Waals surface area contributed by atoms with Gasteiger partial charge in [-0.25, -0.2) is 4.79 Å². The van der Waals surface area contributed by atoms with Gasteiger partial charge in [-0.05, 0) is 12.3 Å². The van der Waals surface area contributed by atoms with Gasteiger partial charge < -0.3 is 5.11 Å². The normalized spacial score (nSPS) is 22.7. The van der Waals surface area contributed by atoms with Crippen LogP contribution in [0.3, 0.4) is 0 Å². The molecule has 1 aliphatic rings. The number of carboxylic acids is 1. The van der Waals surface area contributed by atoms with E-state index in [4.69, 9.17) is 5.11 Å². The summed E-state index contributed by atoms with van der Waals surface area (Å²) in [6.07, 6.45) is 11.7. The SMILES string of the molecule is O=C(O)/C=C/C1C=CC=CC1. The molecule has 0 saturated carbocycles. The van der Waals surface area contributed by atoms with Crippen LogP contribution in [0.5, 0.6) is 0 Å². The fraction of sp³-hybridized carbons (Fsp3) is 0.222. The van der Waals surface area contributed by atoms with E-state index in [1.165, 1.54) is 6.08 Å². The van der Waals surface area contributed by atoms with Crippen LogP contribution in [0.2, 0.25) is 0 Å². The molecule has 1 N–H and O–H groups in total. The van der Waals surface area contributed by atoms with Crippen molar-refractivity contribution in [2.75, 3.05) is 0 Å². The lowest BCUT2D eigenvalue weighted by atomic mass is 10.0. The second-order valence-electron chi connectivity index (χ2n) is 2.41. The third kappa shape index (κ3) is 2.85. The Hall–Kier alpha value is -1.31. The second-order valence-corrected chi connectivity index (χ2v) is 2.41. The molecular weight excluding hydrogens is 140 g/mol. The van der Waals surface area contributed by atoms with Crippen LogP contribution in [0.4, 0.5) is 0 Å². The molecule has 0 saturated heterocycles. The lowest BCUT2D eigenvalue weighted by molar-refractivity contribution is -0.131. The molecule has 2 nitrogen and oxygen atoms in total. The molecule has 1 unspecified atom stereocenters. The van der Waals surface area contributed by atoms with E-state index in [-0.39, 0.29) is 5.92 Å². The smallest absolute Gasteiger partial charge is 0.327 e. The Morgan fingerprint density at radius 1 is 1.55 bits per heavy atom. The van der Waals surface area contributed by atoms with E-state index < -0.39 is 5.97 Å². The van der Waals surface area contributed by atoms with Crippen LogP contribution in [0, 0.1) is 5.92 Å². The van der Waals surface area contributed by atoms with Crippen molar-refractivity contribution in [2.24, 2.45) is 5.92 Å². The first-order chi connectivity index (χ1) is 5.29. The Labute approximate surface area is 65.5 Å². The van der Waals surface area contributed by atoms with Gasteiger partial charge in [-0.2, -0.15) is 0 Å². The van der Waals surface area contributed by atoms with Gasteiger partial charge in [0.25, 0.3) is 0 Å². The molecule has 0 radical (unpaired) electrons. The molecule has 1 rings (SSSR count). The van der Waals surface area contributed by atoms with Gasteiger partial charge in [0.05, 0.1) is 0 Å². The highest BCUT2D eigenvalue weighted by Crippen LogP contribution is 2.12. The lowest BCUT2D eigenvalue weighted by Gasteiger charge is -2.05. The van der Waals surface area contributed by atoms with E-state index in [1.807, 2.05) is 24.3 Å². The minimum atomic E-state index is -0.882. The summed E-state index contributed by atoms with van der Waals surface area (Å²) in [6, 6.07) is 0. The Morgan fingerprint density at radius 2 is 2.36 bits per heavy atom. The number of aliphatic carboxylic acids is 1. The molecule has 1 atom stereocenters. The number of hydrogen-bond acceptors (Lipinski definition) is 1. The number of hydrogen-bond donors (Lipinski definition) is 1. The van der Waals surface area contributed by atoms with Crippen molar-refractivity contribution >= 4 is 5.97 Å². The van der Waals surface area contributed by atoms with Crippen molar-refractivity contribution in [3.63, 3.8) is 0 Å². The van der Waals surface area contributed by atoms with Gasteiger partial charge in [-0.1, -0.05) is 30.4 Å². The number of allylic oxidation sites excluding steroid dienone is 5. The maximum atomic E-state index is 10.1. The number of carboxylic acid groups (broad SMARTS) is 1. The van der Waals surface area contributed by atoms with Crippen molar-refractivity contribution < 1.29 is 9.90 Å². The maximum Gasteiger partial charge on any atom is 0.327 e. The molecule has 0 aromatic carbocycles. The molecule has 0 heterocycles. The van der Waals surface area contributed by atoms with Gasteiger partial charge in [-0.3, -0.25) is 0 Å². The summed E-state index contributed by atoms with van der Waals surface area (Å²) < 4.78 is 0. The molecule has 0 fully saturated rings. The van der Waals surface area contributed by atoms with Crippen LogP contribution >= 0.6 is 0 Å². The lowest BCUT2D eigenvalue weighted by Crippen LogP contribution is -1.94. The first-order valence-electron chi connectivity index (χ1n) is 3.53. The van der Waals surface area contributed by atoms with E-state index in [9.17, 15) is 4.79 Å². The zero-order chi connectivity index (χ0) is 8.10. The number of carbonyl (C=O) groups is 1. The summed E-state index contributed by atoms with van der Waals surface area (Å²) in [5.74, 6) is -0.621. The first kappa shape index (κ1) is 7.79. The van der Waals surface area contributed by atoms with E-state index in [1.54, 1.807) is 6.08 Å². The summed E-state index contributed by atoms with van der Waals surface area (Å²) in [7, 11) is 0. The highest BCUT2D eigenvalue weighted by atomic mass is 16.4. The molecule has 2 heteroatoms. The summed E-state index contributed by atoms with van der Waals surface area (Å²) in [4.78, 5) is 10.1. The van der Waals surface area contributed by atoms with E-state index in [0.717, 1.165) is 6.42 Å². The standard InChI is InChI=1S/C9H10O2/c10-9(11)7-6-8-4-2-1-3-5-8/h1-4,6-8H,5H2,(H,10,11)/b7-6+. The number of rotatable bonds is 2. The van der Waals surface area contributed by atoms with Gasteiger partial charge in [0.15, 0.2) is 0 Å². The summed E-state index contributed by atoms with van der Waals surface area (Å²) in [5.41, 5.74) is 0. The van der Waals surface area contributed by atoms with Gasteiger partial charge >= 0.3 is 5.97 Å². The fourth-order valence-electron chi connectivity index (χ4n) is 0.948. The van der Waals surface area contributed by atoms with Crippen LogP contribution in [0.25, 0.3) is 0 Å². The van der Waals surface area contributed by atoms with Crippen LogP contribution in [0.1, 0.15) is 6.42 Å². The molecule has 0 amide bonds. The quantitative estimate of drug-likeness (QED) is 0.609. The van der Waals surface area contributed by atoms with Gasteiger partial charge in [0.1, 0.15) is 0 Å². The Bertz CT molecular complexity index is 224.